The van der Waals surface area contributed by atoms with Crippen LogP contribution in [-0.2, 0) is 19.1 Å². The van der Waals surface area contributed by atoms with E-state index in [1.807, 2.05) is 18.2 Å². The summed E-state index contributed by atoms with van der Waals surface area (Å²) in [5, 5.41) is 3.40. The summed E-state index contributed by atoms with van der Waals surface area (Å²) in [6.07, 6.45) is 0.135. The largest absolute Gasteiger partial charge is 0.496 e. The fourth-order valence-electron chi connectivity index (χ4n) is 3.59. The summed E-state index contributed by atoms with van der Waals surface area (Å²) < 4.78 is 10.2. The van der Waals surface area contributed by atoms with E-state index in [1.54, 1.807) is 28.9 Å². The van der Waals surface area contributed by atoms with Crippen LogP contribution >= 0.6 is 0 Å². The van der Waals surface area contributed by atoms with Gasteiger partial charge in [0, 0.05) is 44.1 Å². The van der Waals surface area contributed by atoms with Crippen molar-refractivity contribution in [3.8, 4) is 5.75 Å². The second-order valence-electron chi connectivity index (χ2n) is 7.48. The highest BCUT2D eigenvalue weighted by Crippen LogP contribution is 2.24. The predicted molar refractivity (Wildman–Crippen MR) is 120 cm³/mol. The van der Waals surface area contributed by atoms with Gasteiger partial charge in [0.15, 0.2) is 0 Å². The molecule has 0 radical (unpaired) electrons. The smallest absolute Gasteiger partial charge is 0.306 e. The molecule has 1 aromatic heterocycles. The van der Waals surface area contributed by atoms with Gasteiger partial charge in [-0.3, -0.25) is 19.2 Å². The highest BCUT2D eigenvalue weighted by atomic mass is 16.5. The molecule has 0 bridgehead atoms. The zero-order chi connectivity index (χ0) is 23.8. The van der Waals surface area contributed by atoms with Gasteiger partial charge in [-0.1, -0.05) is 12.1 Å². The van der Waals surface area contributed by atoms with Crippen molar-refractivity contribution in [3.63, 3.8) is 0 Å². The number of para-hydroxylation sites is 1. The Hall–Kier alpha value is -3.69. The molecule has 1 aliphatic heterocycles. The molecule has 1 N–H and O–H groups in total. The minimum atomic E-state index is -0.472. The third kappa shape index (κ3) is 6.18. The minimum absolute atomic E-state index is 0.0471. The van der Waals surface area contributed by atoms with Crippen LogP contribution in [0.5, 0.6) is 5.75 Å². The second-order valence-corrected chi connectivity index (χ2v) is 7.48. The molecule has 0 aliphatic carbocycles. The first kappa shape index (κ1) is 24.0. The Morgan fingerprint density at radius 3 is 2.33 bits per heavy atom. The third-order valence-electron chi connectivity index (χ3n) is 5.36. The lowest BCUT2D eigenvalue weighted by molar-refractivity contribution is -0.146. The maximum absolute atomic E-state index is 12.6. The topological polar surface area (TPSA) is 118 Å². The third-order valence-corrected chi connectivity index (χ3v) is 5.36. The Bertz CT molecular complexity index is 1030. The monoisotopic (exact) mass is 456 g/mol. The highest BCUT2D eigenvalue weighted by Gasteiger charge is 2.25. The summed E-state index contributed by atoms with van der Waals surface area (Å²) in [7, 11) is 1.52. The lowest BCUT2D eigenvalue weighted by atomic mass is 10.1. The Morgan fingerprint density at radius 2 is 1.67 bits per heavy atom. The van der Waals surface area contributed by atoms with E-state index < -0.39 is 11.9 Å². The van der Waals surface area contributed by atoms with E-state index in [4.69, 9.17) is 9.47 Å². The maximum Gasteiger partial charge on any atom is 0.306 e. The molecule has 0 spiro atoms. The Morgan fingerprint density at radius 1 is 1.00 bits per heavy atom. The number of nitrogens with one attached hydrogen (secondary N) is 1. The number of piperazine rings is 1. The molecule has 1 aromatic carbocycles. The van der Waals surface area contributed by atoms with Crippen LogP contribution in [0.25, 0.3) is 10.9 Å². The predicted octanol–water partition coefficient (Wildman–Crippen LogP) is 0.987. The molecule has 0 atom stereocenters. The summed E-state index contributed by atoms with van der Waals surface area (Å²) in [5.41, 5.74) is 0.785. The van der Waals surface area contributed by atoms with Crippen molar-refractivity contribution in [1.82, 2.24) is 20.1 Å². The van der Waals surface area contributed by atoms with Gasteiger partial charge in [0.2, 0.25) is 11.8 Å². The van der Waals surface area contributed by atoms with Gasteiger partial charge in [-0.15, -0.1) is 0 Å². The number of pyridine rings is 1. The van der Waals surface area contributed by atoms with Gasteiger partial charge >= 0.3 is 5.97 Å². The molecule has 3 amide bonds. The van der Waals surface area contributed by atoms with Crippen molar-refractivity contribution in [2.75, 3.05) is 46.4 Å². The number of benzene rings is 1. The normalized spacial score (nSPS) is 13.5. The van der Waals surface area contributed by atoms with Gasteiger partial charge < -0.3 is 24.6 Å². The Labute approximate surface area is 191 Å². The summed E-state index contributed by atoms with van der Waals surface area (Å²) >= 11 is 0. The van der Waals surface area contributed by atoms with Crippen molar-refractivity contribution >= 4 is 34.6 Å². The fraction of sp³-hybridized carbons (Fsp3) is 0.435. The number of hydrogen-bond acceptors (Lipinski definition) is 7. The Balaban J connectivity index is 1.48. The van der Waals surface area contributed by atoms with Crippen LogP contribution in [0.4, 0.5) is 0 Å². The van der Waals surface area contributed by atoms with Crippen LogP contribution in [-0.4, -0.2) is 84.9 Å². The zero-order valence-electron chi connectivity index (χ0n) is 18.8. The molecule has 10 heteroatoms. The van der Waals surface area contributed by atoms with Crippen LogP contribution in [0.3, 0.4) is 0 Å². The number of hydrogen-bond donors (Lipinski definition) is 1. The van der Waals surface area contributed by atoms with E-state index in [0.29, 0.717) is 37.4 Å². The molecule has 176 valence electrons. The lowest BCUT2D eigenvalue weighted by Crippen LogP contribution is -2.52. The van der Waals surface area contributed by atoms with Gasteiger partial charge in [0.05, 0.1) is 32.2 Å². The number of carbonyl (C=O) groups excluding carboxylic acids is 4. The number of amides is 3. The fourth-order valence-corrected chi connectivity index (χ4v) is 3.59. The van der Waals surface area contributed by atoms with E-state index in [1.165, 1.54) is 7.11 Å². The number of ether oxygens (including phenoxy) is 2. The van der Waals surface area contributed by atoms with Crippen molar-refractivity contribution < 1.29 is 28.7 Å². The van der Waals surface area contributed by atoms with E-state index >= 15 is 0 Å². The Kier molecular flexibility index (Phi) is 8.17. The number of nitrogens with zero attached hydrogens (tertiary/aromatic N) is 3. The van der Waals surface area contributed by atoms with E-state index in [0.717, 1.165) is 5.39 Å². The first-order chi connectivity index (χ1) is 15.9. The van der Waals surface area contributed by atoms with Gasteiger partial charge in [0.1, 0.15) is 11.4 Å². The maximum atomic E-state index is 12.6. The van der Waals surface area contributed by atoms with Crippen LogP contribution in [0.2, 0.25) is 0 Å². The minimum Gasteiger partial charge on any atom is -0.496 e. The molecule has 0 saturated carbocycles. The number of methoxy groups -OCH3 is 1. The average molecular weight is 456 g/mol. The van der Waals surface area contributed by atoms with E-state index in [2.05, 4.69) is 10.3 Å². The van der Waals surface area contributed by atoms with Gasteiger partial charge in [0.25, 0.3) is 5.91 Å². The van der Waals surface area contributed by atoms with Crippen LogP contribution < -0.4 is 10.1 Å². The zero-order valence-corrected chi connectivity index (χ0v) is 18.8. The molecule has 10 nitrogen and oxygen atoms in total. The number of aromatic nitrogens is 1. The van der Waals surface area contributed by atoms with Crippen molar-refractivity contribution in [2.45, 2.75) is 19.8 Å². The summed E-state index contributed by atoms with van der Waals surface area (Å²) in [5.74, 6) is -0.718. The molecule has 1 aliphatic rings. The lowest BCUT2D eigenvalue weighted by Gasteiger charge is -2.34. The molecular weight excluding hydrogens is 428 g/mol. The summed E-state index contributed by atoms with van der Waals surface area (Å²) in [6.45, 7) is 3.31. The first-order valence-electron chi connectivity index (χ1n) is 10.9. The molecule has 33 heavy (non-hydrogen) atoms. The molecule has 3 rings (SSSR count). The number of carbonyl (C=O) groups is 4. The van der Waals surface area contributed by atoms with Gasteiger partial charge in [-0.25, -0.2) is 4.98 Å². The summed E-state index contributed by atoms with van der Waals surface area (Å²) in [4.78, 5) is 56.3. The van der Waals surface area contributed by atoms with Crippen molar-refractivity contribution in [3.05, 3.63) is 36.0 Å². The quantitative estimate of drug-likeness (QED) is 0.589. The molecular formula is C23H28N4O6. The first-order valence-corrected chi connectivity index (χ1v) is 10.9. The van der Waals surface area contributed by atoms with E-state index in [9.17, 15) is 19.2 Å². The SMILES string of the molecule is CCOC(=O)CCC(=O)N1CCN(C(=O)CNC(=O)c2cc(OC)c3ccccc3n2)CC1. The standard InChI is InChI=1S/C23H28N4O6/c1-3-33-22(30)9-8-20(28)26-10-12-27(13-11-26)21(29)15-24-23(31)18-14-19(32-2)16-6-4-5-7-17(16)25-18/h4-7,14H,3,8-13,15H2,1-2H3,(H,24,31). The molecule has 1 saturated heterocycles. The number of esters is 1. The molecule has 1 fully saturated rings. The van der Waals surface area contributed by atoms with Crippen LogP contribution in [0.15, 0.2) is 30.3 Å². The van der Waals surface area contributed by atoms with Gasteiger partial charge in [-0.2, -0.15) is 0 Å². The number of rotatable bonds is 8. The van der Waals surface area contributed by atoms with Crippen molar-refractivity contribution in [2.24, 2.45) is 0 Å². The second kappa shape index (κ2) is 11.3. The van der Waals surface area contributed by atoms with Gasteiger partial charge in [-0.05, 0) is 19.1 Å². The molecule has 0 unspecified atom stereocenters. The molecule has 2 aromatic rings. The van der Waals surface area contributed by atoms with E-state index in [-0.39, 0.29) is 43.5 Å². The average Bonchev–Trinajstić information content (AvgIpc) is 2.85. The van der Waals surface area contributed by atoms with Crippen LogP contribution in [0.1, 0.15) is 30.3 Å². The summed E-state index contributed by atoms with van der Waals surface area (Å²) in [6, 6.07) is 8.86. The van der Waals surface area contributed by atoms with Crippen LogP contribution in [0, 0.1) is 0 Å². The molecule has 2 heterocycles. The highest BCUT2D eigenvalue weighted by molar-refractivity contribution is 5.98. The van der Waals surface area contributed by atoms with Crippen molar-refractivity contribution in [1.29, 1.82) is 0 Å². The number of fused-ring (bicyclic) bond motifs is 1.